The second kappa shape index (κ2) is 6.17. The molecule has 1 heterocycles. The van der Waals surface area contributed by atoms with Gasteiger partial charge in [-0.05, 0) is 35.5 Å². The van der Waals surface area contributed by atoms with Gasteiger partial charge < -0.3 is 15.3 Å². The average Bonchev–Trinajstić information content (AvgIpc) is 3.24. The number of likely N-dealkylation sites (tertiary alicyclic amines) is 1. The van der Waals surface area contributed by atoms with Crippen LogP contribution in [0.1, 0.15) is 33.6 Å². The molecule has 3 aliphatic rings. The van der Waals surface area contributed by atoms with Crippen LogP contribution < -0.4 is 5.32 Å². The highest BCUT2D eigenvalue weighted by Gasteiger charge is 2.64. The Balaban J connectivity index is 0.000000701. The van der Waals surface area contributed by atoms with Crippen LogP contribution in [0.25, 0.3) is 0 Å². The lowest BCUT2D eigenvalue weighted by molar-refractivity contribution is -0.175. The number of carboxylic acid groups (broad SMARTS) is 1. The minimum atomic E-state index is -4.96. The Kier molecular flexibility index (Phi) is 4.82. The molecule has 1 aliphatic heterocycles. The van der Waals surface area contributed by atoms with E-state index in [0.717, 1.165) is 0 Å². The summed E-state index contributed by atoms with van der Waals surface area (Å²) in [5.41, 5.74) is -0.314. The van der Waals surface area contributed by atoms with E-state index >= 15 is 0 Å². The molecule has 0 radical (unpaired) electrons. The van der Waals surface area contributed by atoms with Crippen molar-refractivity contribution >= 4 is 18.3 Å². The van der Waals surface area contributed by atoms with Crippen LogP contribution in [-0.2, 0) is 14.4 Å². The molecule has 0 aromatic carbocycles. The van der Waals surface area contributed by atoms with Crippen LogP contribution in [0.4, 0.5) is 13.2 Å². The molecule has 0 aromatic rings. The summed E-state index contributed by atoms with van der Waals surface area (Å²) in [4.78, 5) is 33.8. The Labute approximate surface area is 143 Å². The number of carbonyl (C=O) groups excluding carboxylic acids is 2. The molecular formula is C16H23F3N2O4. The molecule has 2 aliphatic carbocycles. The van der Waals surface area contributed by atoms with E-state index in [2.05, 4.69) is 13.8 Å². The summed E-state index contributed by atoms with van der Waals surface area (Å²) < 4.78 is 37.5. The molecule has 9 heteroatoms. The van der Waals surface area contributed by atoms with Crippen molar-refractivity contribution in [2.45, 2.75) is 45.8 Å². The van der Waals surface area contributed by atoms with Crippen LogP contribution in [0, 0.1) is 22.7 Å². The highest BCUT2D eigenvalue weighted by Crippen LogP contribution is 2.62. The SMILES string of the molecule is CC1(C(NC(=O)C(F)(F)F)C(=O)N2CC3C(C2)C3(C)C)CC1.O=CO. The molecule has 2 amide bonds. The third kappa shape index (κ3) is 3.74. The number of nitrogens with one attached hydrogen (secondary N) is 1. The lowest BCUT2D eigenvalue weighted by atomic mass is 9.96. The fraction of sp³-hybridized carbons (Fsp3) is 0.812. The summed E-state index contributed by atoms with van der Waals surface area (Å²) in [6.07, 6.45) is -3.64. The number of alkyl halides is 3. The normalized spacial score (nSPS) is 28.8. The van der Waals surface area contributed by atoms with Crippen molar-refractivity contribution in [3.05, 3.63) is 0 Å². The standard InChI is InChI=1S/C15H21F3N2O2.CH2O2/c1-13(2)8-6-20(7-9(8)13)11(21)10(14(3)4-5-14)19-12(22)15(16,17)18;2-1-3/h8-10H,4-7H2,1-3H3,(H,19,22);1H,(H,2,3). The van der Waals surface area contributed by atoms with Crippen molar-refractivity contribution in [3.8, 4) is 0 Å². The molecule has 0 aromatic heterocycles. The first-order valence-corrected chi connectivity index (χ1v) is 8.13. The van der Waals surface area contributed by atoms with E-state index in [1.165, 1.54) is 0 Å². The molecule has 3 unspecified atom stereocenters. The van der Waals surface area contributed by atoms with Gasteiger partial charge in [0.25, 0.3) is 6.47 Å². The number of carbonyl (C=O) groups is 3. The van der Waals surface area contributed by atoms with Gasteiger partial charge in [-0.15, -0.1) is 0 Å². The first-order valence-electron chi connectivity index (χ1n) is 8.13. The number of halogens is 3. The van der Waals surface area contributed by atoms with Crippen LogP contribution in [0.15, 0.2) is 0 Å². The average molecular weight is 364 g/mol. The summed E-state index contributed by atoms with van der Waals surface area (Å²) in [7, 11) is 0. The molecule has 142 valence electrons. The van der Waals surface area contributed by atoms with E-state index in [9.17, 15) is 22.8 Å². The van der Waals surface area contributed by atoms with E-state index in [1.807, 2.05) is 5.32 Å². The third-order valence-electron chi connectivity index (χ3n) is 5.95. The zero-order chi connectivity index (χ0) is 19.2. The highest BCUT2D eigenvalue weighted by atomic mass is 19.4. The predicted octanol–water partition coefficient (Wildman–Crippen LogP) is 1.65. The lowest BCUT2D eigenvalue weighted by Crippen LogP contribution is -2.55. The fourth-order valence-corrected chi connectivity index (χ4v) is 3.73. The van der Waals surface area contributed by atoms with Gasteiger partial charge in [-0.1, -0.05) is 20.8 Å². The summed E-state index contributed by atoms with van der Waals surface area (Å²) >= 11 is 0. The van der Waals surface area contributed by atoms with Gasteiger partial charge >= 0.3 is 12.1 Å². The van der Waals surface area contributed by atoms with Crippen LogP contribution in [-0.4, -0.2) is 53.6 Å². The number of hydrogen-bond donors (Lipinski definition) is 2. The topological polar surface area (TPSA) is 86.7 Å². The smallest absolute Gasteiger partial charge is 0.471 e. The van der Waals surface area contributed by atoms with Crippen molar-refractivity contribution in [2.75, 3.05) is 13.1 Å². The van der Waals surface area contributed by atoms with Crippen molar-refractivity contribution in [1.29, 1.82) is 0 Å². The monoisotopic (exact) mass is 364 g/mol. The van der Waals surface area contributed by atoms with E-state index in [0.29, 0.717) is 37.8 Å². The maximum Gasteiger partial charge on any atom is 0.471 e. The maximum atomic E-state index is 12.6. The Morgan fingerprint density at radius 2 is 1.64 bits per heavy atom. The maximum absolute atomic E-state index is 12.6. The van der Waals surface area contributed by atoms with E-state index in [1.54, 1.807) is 11.8 Å². The van der Waals surface area contributed by atoms with Gasteiger partial charge in [-0.2, -0.15) is 13.2 Å². The van der Waals surface area contributed by atoms with Crippen LogP contribution in [0.3, 0.4) is 0 Å². The zero-order valence-electron chi connectivity index (χ0n) is 14.4. The Morgan fingerprint density at radius 1 is 1.20 bits per heavy atom. The van der Waals surface area contributed by atoms with Crippen LogP contribution in [0.2, 0.25) is 0 Å². The highest BCUT2D eigenvalue weighted by molar-refractivity contribution is 5.91. The van der Waals surface area contributed by atoms with Gasteiger partial charge in [0.1, 0.15) is 6.04 Å². The second-order valence-electron chi connectivity index (χ2n) is 7.94. The van der Waals surface area contributed by atoms with E-state index < -0.39 is 23.5 Å². The summed E-state index contributed by atoms with van der Waals surface area (Å²) in [6, 6.07) is -1.07. The van der Waals surface area contributed by atoms with Gasteiger partial charge in [0, 0.05) is 13.1 Å². The summed E-state index contributed by atoms with van der Waals surface area (Å²) in [6.45, 7) is 6.98. The fourth-order valence-electron chi connectivity index (χ4n) is 3.73. The largest absolute Gasteiger partial charge is 0.483 e. The molecule has 3 rings (SSSR count). The lowest BCUT2D eigenvalue weighted by Gasteiger charge is -2.30. The van der Waals surface area contributed by atoms with Gasteiger partial charge in [0.05, 0.1) is 0 Å². The summed E-state index contributed by atoms with van der Waals surface area (Å²) in [5, 5.41) is 8.82. The Morgan fingerprint density at radius 3 is 2.00 bits per heavy atom. The second-order valence-corrected chi connectivity index (χ2v) is 7.94. The van der Waals surface area contributed by atoms with Crippen molar-refractivity contribution in [3.63, 3.8) is 0 Å². The zero-order valence-corrected chi connectivity index (χ0v) is 14.4. The number of fused-ring (bicyclic) bond motifs is 1. The number of piperidine rings is 1. The van der Waals surface area contributed by atoms with Crippen LogP contribution >= 0.6 is 0 Å². The molecule has 0 bridgehead atoms. The molecule has 3 atom stereocenters. The Hall–Kier alpha value is -1.80. The number of rotatable bonds is 3. The Bertz CT molecular complexity index is 558. The van der Waals surface area contributed by atoms with Gasteiger partial charge in [-0.3, -0.25) is 14.4 Å². The molecule has 2 N–H and O–H groups in total. The molecule has 6 nitrogen and oxygen atoms in total. The minimum absolute atomic E-state index is 0.227. The number of amides is 2. The number of nitrogens with zero attached hydrogens (tertiary/aromatic N) is 1. The first kappa shape index (κ1) is 19.5. The van der Waals surface area contributed by atoms with Crippen molar-refractivity contribution in [2.24, 2.45) is 22.7 Å². The summed E-state index contributed by atoms with van der Waals surface area (Å²) in [5.74, 6) is -1.52. The molecule has 1 saturated heterocycles. The molecule has 2 saturated carbocycles. The molecular weight excluding hydrogens is 341 g/mol. The molecule has 25 heavy (non-hydrogen) atoms. The van der Waals surface area contributed by atoms with Crippen molar-refractivity contribution < 1.29 is 32.7 Å². The molecule has 3 fully saturated rings. The quantitative estimate of drug-likeness (QED) is 0.746. The molecule has 0 spiro atoms. The first-order chi connectivity index (χ1) is 11.4. The van der Waals surface area contributed by atoms with E-state index in [-0.39, 0.29) is 17.8 Å². The third-order valence-corrected chi connectivity index (χ3v) is 5.95. The van der Waals surface area contributed by atoms with Crippen molar-refractivity contribution in [1.82, 2.24) is 10.2 Å². The minimum Gasteiger partial charge on any atom is -0.483 e. The van der Waals surface area contributed by atoms with E-state index in [4.69, 9.17) is 9.90 Å². The van der Waals surface area contributed by atoms with Gasteiger partial charge in [0.15, 0.2) is 0 Å². The predicted molar refractivity (Wildman–Crippen MR) is 81.4 cm³/mol. The number of hydrogen-bond acceptors (Lipinski definition) is 3. The van der Waals surface area contributed by atoms with Crippen LogP contribution in [0.5, 0.6) is 0 Å². The van der Waals surface area contributed by atoms with Gasteiger partial charge in [-0.25, -0.2) is 0 Å². The van der Waals surface area contributed by atoms with Gasteiger partial charge in [0.2, 0.25) is 5.91 Å².